The number of carbonyl (C=O) groups excluding carboxylic acids is 1. The highest BCUT2D eigenvalue weighted by Crippen LogP contribution is 2.06. The smallest absolute Gasteiger partial charge is 0.267 e. The van der Waals surface area contributed by atoms with Crippen LogP contribution in [-0.4, -0.2) is 31.6 Å². The van der Waals surface area contributed by atoms with Crippen LogP contribution < -0.4 is 16.0 Å². The predicted octanol–water partition coefficient (Wildman–Crippen LogP) is 0.288. The standard InChI is InChI=1S/C12H19N3O/c16-12(11-6-2-4-8-14-11)15-9-10-5-1-3-7-13-10/h2,4,6,10,13-14H,1,3,5,7-9H2,(H,15,16). The van der Waals surface area contributed by atoms with Crippen molar-refractivity contribution in [2.45, 2.75) is 25.3 Å². The summed E-state index contributed by atoms with van der Waals surface area (Å²) >= 11 is 0. The molecular formula is C12H19N3O. The maximum absolute atomic E-state index is 11.7. The molecule has 4 heteroatoms. The van der Waals surface area contributed by atoms with Gasteiger partial charge in [-0.1, -0.05) is 18.6 Å². The first-order chi connectivity index (χ1) is 7.86. The molecule has 1 saturated heterocycles. The van der Waals surface area contributed by atoms with E-state index in [-0.39, 0.29) is 5.91 Å². The van der Waals surface area contributed by atoms with Crippen LogP contribution in [0.2, 0.25) is 0 Å². The molecule has 1 amide bonds. The maximum atomic E-state index is 11.7. The van der Waals surface area contributed by atoms with Gasteiger partial charge in [0.25, 0.3) is 5.91 Å². The van der Waals surface area contributed by atoms with E-state index in [4.69, 9.17) is 0 Å². The minimum Gasteiger partial charge on any atom is -0.377 e. The molecule has 0 radical (unpaired) electrons. The van der Waals surface area contributed by atoms with Gasteiger partial charge in [0, 0.05) is 19.1 Å². The normalized spacial score (nSPS) is 24.5. The summed E-state index contributed by atoms with van der Waals surface area (Å²) in [5.41, 5.74) is 0.665. The third-order valence-corrected chi connectivity index (χ3v) is 2.98. The molecule has 2 aliphatic rings. The number of hydrogen-bond acceptors (Lipinski definition) is 3. The molecule has 16 heavy (non-hydrogen) atoms. The molecule has 2 aliphatic heterocycles. The van der Waals surface area contributed by atoms with Crippen LogP contribution in [0.25, 0.3) is 0 Å². The summed E-state index contributed by atoms with van der Waals surface area (Å²) in [6.07, 6.45) is 9.38. The maximum Gasteiger partial charge on any atom is 0.267 e. The SMILES string of the molecule is O=C(NCC1CCCCN1)C1=CC=CCN1. The number of rotatable bonds is 3. The molecule has 2 heterocycles. The largest absolute Gasteiger partial charge is 0.377 e. The molecule has 0 spiro atoms. The van der Waals surface area contributed by atoms with Gasteiger partial charge in [-0.15, -0.1) is 0 Å². The zero-order valence-electron chi connectivity index (χ0n) is 9.46. The van der Waals surface area contributed by atoms with Crippen LogP contribution in [0.4, 0.5) is 0 Å². The van der Waals surface area contributed by atoms with E-state index in [0.717, 1.165) is 26.1 Å². The Labute approximate surface area is 96.2 Å². The van der Waals surface area contributed by atoms with Crippen LogP contribution >= 0.6 is 0 Å². The molecule has 0 aromatic heterocycles. The van der Waals surface area contributed by atoms with Crippen LogP contribution in [0.15, 0.2) is 23.9 Å². The van der Waals surface area contributed by atoms with E-state index >= 15 is 0 Å². The van der Waals surface area contributed by atoms with Crippen molar-refractivity contribution >= 4 is 5.91 Å². The zero-order valence-corrected chi connectivity index (χ0v) is 9.46. The summed E-state index contributed by atoms with van der Waals surface area (Å²) < 4.78 is 0. The first-order valence-electron chi connectivity index (χ1n) is 5.98. The van der Waals surface area contributed by atoms with Gasteiger partial charge < -0.3 is 16.0 Å². The van der Waals surface area contributed by atoms with Crippen molar-refractivity contribution in [3.8, 4) is 0 Å². The Bertz CT molecular complexity index is 303. The van der Waals surface area contributed by atoms with Crippen molar-refractivity contribution in [2.75, 3.05) is 19.6 Å². The first kappa shape index (κ1) is 11.2. The van der Waals surface area contributed by atoms with E-state index in [2.05, 4.69) is 16.0 Å². The molecule has 1 atom stereocenters. The number of allylic oxidation sites excluding steroid dienone is 2. The summed E-state index contributed by atoms with van der Waals surface area (Å²) in [5.74, 6) is -0.00303. The average molecular weight is 221 g/mol. The lowest BCUT2D eigenvalue weighted by molar-refractivity contribution is -0.118. The van der Waals surface area contributed by atoms with E-state index in [1.54, 1.807) is 0 Å². The summed E-state index contributed by atoms with van der Waals surface area (Å²) in [4.78, 5) is 11.7. The predicted molar refractivity (Wildman–Crippen MR) is 63.9 cm³/mol. The molecule has 4 nitrogen and oxygen atoms in total. The number of nitrogens with one attached hydrogen (secondary N) is 3. The topological polar surface area (TPSA) is 53.2 Å². The average Bonchev–Trinajstić information content (AvgIpc) is 2.38. The Hall–Kier alpha value is -1.29. The second-order valence-electron chi connectivity index (χ2n) is 4.25. The van der Waals surface area contributed by atoms with Crippen LogP contribution in [-0.2, 0) is 4.79 Å². The number of dihydropyridines is 1. The molecule has 1 fully saturated rings. The molecular weight excluding hydrogens is 202 g/mol. The summed E-state index contributed by atoms with van der Waals surface area (Å²) in [6, 6.07) is 0.442. The fourth-order valence-corrected chi connectivity index (χ4v) is 2.03. The number of carbonyl (C=O) groups is 1. The number of piperidine rings is 1. The van der Waals surface area contributed by atoms with Gasteiger partial charge in [-0.25, -0.2) is 0 Å². The Morgan fingerprint density at radius 3 is 3.12 bits per heavy atom. The lowest BCUT2D eigenvalue weighted by Crippen LogP contribution is -2.44. The fraction of sp³-hybridized carbons (Fsp3) is 0.583. The van der Waals surface area contributed by atoms with Gasteiger partial charge in [0.1, 0.15) is 5.70 Å². The van der Waals surface area contributed by atoms with E-state index < -0.39 is 0 Å². The molecule has 0 saturated carbocycles. The Morgan fingerprint density at radius 2 is 2.44 bits per heavy atom. The molecule has 1 unspecified atom stereocenters. The number of amides is 1. The third kappa shape index (κ3) is 3.10. The zero-order chi connectivity index (χ0) is 11.2. The van der Waals surface area contributed by atoms with Crippen LogP contribution in [0.3, 0.4) is 0 Å². The molecule has 0 aliphatic carbocycles. The van der Waals surface area contributed by atoms with E-state index in [1.165, 1.54) is 12.8 Å². The Kier molecular flexibility index (Phi) is 3.99. The Balaban J connectivity index is 1.74. The van der Waals surface area contributed by atoms with Gasteiger partial charge in [-0.3, -0.25) is 4.79 Å². The molecule has 0 aromatic rings. The highest BCUT2D eigenvalue weighted by molar-refractivity contribution is 5.93. The van der Waals surface area contributed by atoms with Gasteiger partial charge in [-0.2, -0.15) is 0 Å². The monoisotopic (exact) mass is 221 g/mol. The van der Waals surface area contributed by atoms with Crippen molar-refractivity contribution in [1.82, 2.24) is 16.0 Å². The lowest BCUT2D eigenvalue weighted by Gasteiger charge is -2.24. The van der Waals surface area contributed by atoms with Gasteiger partial charge in [0.15, 0.2) is 0 Å². The minimum absolute atomic E-state index is 0.00303. The quantitative estimate of drug-likeness (QED) is 0.642. The molecule has 88 valence electrons. The van der Waals surface area contributed by atoms with Crippen molar-refractivity contribution in [3.63, 3.8) is 0 Å². The second kappa shape index (κ2) is 5.70. The van der Waals surface area contributed by atoms with Crippen molar-refractivity contribution in [3.05, 3.63) is 23.9 Å². The highest BCUT2D eigenvalue weighted by atomic mass is 16.2. The highest BCUT2D eigenvalue weighted by Gasteiger charge is 2.15. The fourth-order valence-electron chi connectivity index (χ4n) is 2.03. The first-order valence-corrected chi connectivity index (χ1v) is 5.98. The van der Waals surface area contributed by atoms with Gasteiger partial charge >= 0.3 is 0 Å². The van der Waals surface area contributed by atoms with Gasteiger partial charge in [0.05, 0.1) is 0 Å². The van der Waals surface area contributed by atoms with Gasteiger partial charge in [-0.05, 0) is 25.5 Å². The van der Waals surface area contributed by atoms with Crippen LogP contribution in [0.5, 0.6) is 0 Å². The number of hydrogen-bond donors (Lipinski definition) is 3. The molecule has 0 bridgehead atoms. The van der Waals surface area contributed by atoms with E-state index in [0.29, 0.717) is 11.7 Å². The van der Waals surface area contributed by atoms with E-state index in [9.17, 15) is 4.79 Å². The van der Waals surface area contributed by atoms with Crippen LogP contribution in [0, 0.1) is 0 Å². The summed E-state index contributed by atoms with van der Waals surface area (Å²) in [7, 11) is 0. The second-order valence-corrected chi connectivity index (χ2v) is 4.25. The third-order valence-electron chi connectivity index (χ3n) is 2.98. The van der Waals surface area contributed by atoms with E-state index in [1.807, 2.05) is 18.2 Å². The van der Waals surface area contributed by atoms with Crippen molar-refractivity contribution in [1.29, 1.82) is 0 Å². The lowest BCUT2D eigenvalue weighted by atomic mass is 10.1. The van der Waals surface area contributed by atoms with Crippen molar-refractivity contribution < 1.29 is 4.79 Å². The van der Waals surface area contributed by atoms with Gasteiger partial charge in [0.2, 0.25) is 0 Å². The van der Waals surface area contributed by atoms with Crippen molar-refractivity contribution in [2.24, 2.45) is 0 Å². The molecule has 0 aromatic carbocycles. The molecule has 3 N–H and O–H groups in total. The Morgan fingerprint density at radius 1 is 1.50 bits per heavy atom. The van der Waals surface area contributed by atoms with Crippen LogP contribution in [0.1, 0.15) is 19.3 Å². The molecule has 2 rings (SSSR count). The minimum atomic E-state index is -0.00303. The summed E-state index contributed by atoms with van der Waals surface area (Å²) in [5, 5.41) is 9.41. The summed E-state index contributed by atoms with van der Waals surface area (Å²) in [6.45, 7) is 2.53.